The molecule has 4 nitrogen and oxygen atoms in total. The average molecular weight is 244 g/mol. The number of rotatable bonds is 6. The lowest BCUT2D eigenvalue weighted by atomic mass is 9.85. The Bertz CT molecular complexity index is 244. The fourth-order valence-electron chi connectivity index (χ4n) is 1.49. The number of nitrogens with two attached hydrogens (primary N) is 1. The number of hydrogen-bond donors (Lipinski definition) is 3. The highest BCUT2D eigenvalue weighted by atomic mass is 16.3. The van der Waals surface area contributed by atoms with Gasteiger partial charge in [-0.2, -0.15) is 0 Å². The van der Waals surface area contributed by atoms with Gasteiger partial charge in [0, 0.05) is 19.0 Å². The molecule has 0 aliphatic heterocycles. The van der Waals surface area contributed by atoms with E-state index in [0.717, 1.165) is 6.42 Å². The van der Waals surface area contributed by atoms with Crippen molar-refractivity contribution in [1.29, 1.82) is 0 Å². The Kier molecular flexibility index (Phi) is 6.13. The molecule has 4 heteroatoms. The van der Waals surface area contributed by atoms with Gasteiger partial charge in [-0.1, -0.05) is 34.1 Å². The van der Waals surface area contributed by atoms with Gasteiger partial charge in [-0.15, -0.1) is 0 Å². The SMILES string of the molecule is CCCC(C)(O)CNC(=O)CC(N)C(C)(C)C. The molecule has 0 rings (SSSR count). The lowest BCUT2D eigenvalue weighted by molar-refractivity contribution is -0.123. The monoisotopic (exact) mass is 244 g/mol. The largest absolute Gasteiger partial charge is 0.388 e. The van der Waals surface area contributed by atoms with Crippen molar-refractivity contribution in [3.63, 3.8) is 0 Å². The minimum atomic E-state index is -0.823. The summed E-state index contributed by atoms with van der Waals surface area (Å²) in [5.74, 6) is -0.0937. The van der Waals surface area contributed by atoms with Crippen molar-refractivity contribution in [2.45, 2.75) is 65.5 Å². The van der Waals surface area contributed by atoms with E-state index in [-0.39, 0.29) is 23.9 Å². The predicted molar refractivity (Wildman–Crippen MR) is 70.6 cm³/mol. The first-order chi connectivity index (χ1) is 7.58. The van der Waals surface area contributed by atoms with Crippen LogP contribution in [0.3, 0.4) is 0 Å². The van der Waals surface area contributed by atoms with Crippen LogP contribution in [-0.4, -0.2) is 29.2 Å². The van der Waals surface area contributed by atoms with E-state index < -0.39 is 5.60 Å². The smallest absolute Gasteiger partial charge is 0.221 e. The van der Waals surface area contributed by atoms with E-state index in [1.807, 2.05) is 27.7 Å². The average Bonchev–Trinajstić information content (AvgIpc) is 2.13. The third kappa shape index (κ3) is 7.34. The van der Waals surface area contributed by atoms with E-state index in [9.17, 15) is 9.90 Å². The van der Waals surface area contributed by atoms with Crippen LogP contribution in [0.4, 0.5) is 0 Å². The standard InChI is InChI=1S/C13H28N2O2/c1-6-7-13(5,17)9-15-11(16)8-10(14)12(2,3)4/h10,17H,6-9,14H2,1-5H3,(H,15,16). The van der Waals surface area contributed by atoms with E-state index in [1.165, 1.54) is 0 Å². The number of hydrogen-bond acceptors (Lipinski definition) is 3. The minimum absolute atomic E-state index is 0.0801. The summed E-state index contributed by atoms with van der Waals surface area (Å²) in [5, 5.41) is 12.7. The lowest BCUT2D eigenvalue weighted by Crippen LogP contribution is -2.44. The van der Waals surface area contributed by atoms with Crippen molar-refractivity contribution in [3.8, 4) is 0 Å². The fraction of sp³-hybridized carbons (Fsp3) is 0.923. The molecule has 1 amide bonds. The molecule has 2 atom stereocenters. The first-order valence-electron chi connectivity index (χ1n) is 6.33. The van der Waals surface area contributed by atoms with Gasteiger partial charge in [0.15, 0.2) is 0 Å². The number of nitrogens with one attached hydrogen (secondary N) is 1. The summed E-state index contributed by atoms with van der Waals surface area (Å²) in [4.78, 5) is 11.6. The van der Waals surface area contributed by atoms with E-state index in [1.54, 1.807) is 6.92 Å². The summed E-state index contributed by atoms with van der Waals surface area (Å²) in [6.45, 7) is 10.1. The van der Waals surface area contributed by atoms with Crippen LogP contribution >= 0.6 is 0 Å². The van der Waals surface area contributed by atoms with Gasteiger partial charge in [0.2, 0.25) is 5.91 Å². The van der Waals surface area contributed by atoms with Gasteiger partial charge in [0.05, 0.1) is 5.60 Å². The van der Waals surface area contributed by atoms with E-state index in [2.05, 4.69) is 5.32 Å². The summed E-state index contributed by atoms with van der Waals surface area (Å²) >= 11 is 0. The maximum atomic E-state index is 11.6. The summed E-state index contributed by atoms with van der Waals surface area (Å²) in [7, 11) is 0. The Morgan fingerprint density at radius 2 is 1.88 bits per heavy atom. The first kappa shape index (κ1) is 16.4. The molecule has 4 N–H and O–H groups in total. The normalized spacial score (nSPS) is 17.4. The molecule has 0 aromatic heterocycles. The Morgan fingerprint density at radius 3 is 2.29 bits per heavy atom. The maximum Gasteiger partial charge on any atom is 0.221 e. The van der Waals surface area contributed by atoms with Crippen molar-refractivity contribution in [2.75, 3.05) is 6.54 Å². The van der Waals surface area contributed by atoms with Crippen LogP contribution in [0.2, 0.25) is 0 Å². The molecule has 0 aromatic rings. The van der Waals surface area contributed by atoms with Crippen molar-refractivity contribution in [1.82, 2.24) is 5.32 Å². The lowest BCUT2D eigenvalue weighted by Gasteiger charge is -2.27. The Morgan fingerprint density at radius 1 is 1.35 bits per heavy atom. The van der Waals surface area contributed by atoms with Gasteiger partial charge in [-0.05, 0) is 18.8 Å². The highest BCUT2D eigenvalue weighted by Gasteiger charge is 2.25. The number of aliphatic hydroxyl groups is 1. The third-order valence-electron chi connectivity index (χ3n) is 2.97. The molecule has 0 saturated heterocycles. The molecule has 0 saturated carbocycles. The topological polar surface area (TPSA) is 75.3 Å². The first-order valence-corrected chi connectivity index (χ1v) is 6.33. The fourth-order valence-corrected chi connectivity index (χ4v) is 1.49. The van der Waals surface area contributed by atoms with Crippen LogP contribution in [0.25, 0.3) is 0 Å². The minimum Gasteiger partial charge on any atom is -0.388 e. The van der Waals surface area contributed by atoms with Crippen LogP contribution in [0.1, 0.15) is 53.9 Å². The van der Waals surface area contributed by atoms with Crippen molar-refractivity contribution < 1.29 is 9.90 Å². The zero-order valence-electron chi connectivity index (χ0n) is 11.8. The zero-order valence-corrected chi connectivity index (χ0v) is 11.8. The third-order valence-corrected chi connectivity index (χ3v) is 2.97. The second-order valence-electron chi connectivity index (χ2n) is 6.20. The molecular weight excluding hydrogens is 216 g/mol. The number of amides is 1. The molecule has 2 unspecified atom stereocenters. The van der Waals surface area contributed by atoms with Gasteiger partial charge in [-0.3, -0.25) is 4.79 Å². The second-order valence-corrected chi connectivity index (χ2v) is 6.20. The van der Waals surface area contributed by atoms with Crippen molar-refractivity contribution in [2.24, 2.45) is 11.1 Å². The quantitative estimate of drug-likeness (QED) is 0.661. The predicted octanol–water partition coefficient (Wildman–Crippen LogP) is 1.42. The molecule has 17 heavy (non-hydrogen) atoms. The molecule has 0 radical (unpaired) electrons. The summed E-state index contributed by atoms with van der Waals surface area (Å²) in [6.07, 6.45) is 1.87. The van der Waals surface area contributed by atoms with Gasteiger partial charge >= 0.3 is 0 Å². The summed E-state index contributed by atoms with van der Waals surface area (Å²) < 4.78 is 0. The Balaban J connectivity index is 4.04. The molecule has 0 heterocycles. The van der Waals surface area contributed by atoms with E-state index >= 15 is 0 Å². The van der Waals surface area contributed by atoms with E-state index in [4.69, 9.17) is 5.73 Å². The van der Waals surface area contributed by atoms with Crippen LogP contribution < -0.4 is 11.1 Å². The van der Waals surface area contributed by atoms with Crippen LogP contribution in [-0.2, 0) is 4.79 Å². The molecule has 0 aliphatic carbocycles. The summed E-state index contributed by atoms with van der Waals surface area (Å²) in [5.41, 5.74) is 5.02. The molecule has 0 bridgehead atoms. The molecule has 0 aliphatic rings. The molecule has 0 aromatic carbocycles. The van der Waals surface area contributed by atoms with Gasteiger partial charge in [0.1, 0.15) is 0 Å². The highest BCUT2D eigenvalue weighted by molar-refractivity contribution is 5.76. The van der Waals surface area contributed by atoms with Crippen LogP contribution in [0, 0.1) is 5.41 Å². The maximum absolute atomic E-state index is 11.6. The van der Waals surface area contributed by atoms with Gasteiger partial charge in [0.25, 0.3) is 0 Å². The van der Waals surface area contributed by atoms with Crippen LogP contribution in [0.15, 0.2) is 0 Å². The van der Waals surface area contributed by atoms with E-state index in [0.29, 0.717) is 12.8 Å². The van der Waals surface area contributed by atoms with Gasteiger partial charge in [-0.25, -0.2) is 0 Å². The Hall–Kier alpha value is -0.610. The Labute approximate surface area is 105 Å². The number of carbonyl (C=O) groups is 1. The van der Waals surface area contributed by atoms with Crippen LogP contribution in [0.5, 0.6) is 0 Å². The van der Waals surface area contributed by atoms with Crippen molar-refractivity contribution in [3.05, 3.63) is 0 Å². The highest BCUT2D eigenvalue weighted by Crippen LogP contribution is 2.19. The second kappa shape index (κ2) is 6.36. The van der Waals surface area contributed by atoms with Crippen molar-refractivity contribution >= 4 is 5.91 Å². The van der Waals surface area contributed by atoms with Gasteiger partial charge < -0.3 is 16.2 Å². The zero-order chi connectivity index (χ0) is 13.7. The summed E-state index contributed by atoms with van der Waals surface area (Å²) in [6, 6.07) is -0.168. The molecule has 0 fully saturated rings. The molecular formula is C13H28N2O2. The molecule has 102 valence electrons. The number of carbonyl (C=O) groups excluding carboxylic acids is 1. The molecule has 0 spiro atoms.